The zero-order valence-corrected chi connectivity index (χ0v) is 11.9. The van der Waals surface area contributed by atoms with Gasteiger partial charge in [-0.1, -0.05) is 0 Å². The van der Waals surface area contributed by atoms with Gasteiger partial charge in [0.25, 0.3) is 0 Å². The van der Waals surface area contributed by atoms with Crippen molar-refractivity contribution in [2.24, 2.45) is 23.2 Å². The number of fused-ring (bicyclic) bond motifs is 1. The first kappa shape index (κ1) is 11.7. The van der Waals surface area contributed by atoms with Crippen LogP contribution in [0.25, 0.3) is 0 Å². The molecule has 1 heterocycles. The molecule has 0 N–H and O–H groups in total. The monoisotopic (exact) mass is 258 g/mol. The van der Waals surface area contributed by atoms with E-state index in [1.54, 1.807) is 0 Å². The second kappa shape index (κ2) is 4.40. The quantitative estimate of drug-likeness (QED) is 0.699. The Hall–Kier alpha value is 0.660. The number of rotatable bonds is 5. The van der Waals surface area contributed by atoms with Gasteiger partial charge in [-0.3, -0.25) is 0 Å². The third-order valence-electron chi connectivity index (χ3n) is 4.92. The lowest BCUT2D eigenvalue weighted by atomic mass is 9.79. The van der Waals surface area contributed by atoms with Crippen LogP contribution in [0.5, 0.6) is 0 Å². The third-order valence-corrected chi connectivity index (χ3v) is 7.60. The van der Waals surface area contributed by atoms with Crippen LogP contribution < -0.4 is 0 Å². The van der Waals surface area contributed by atoms with Gasteiger partial charge in [0.05, 0.1) is 13.2 Å². The minimum absolute atomic E-state index is 0.671. The molecule has 0 aromatic heterocycles. The van der Waals surface area contributed by atoms with Crippen LogP contribution in [-0.4, -0.2) is 30.3 Å². The Balaban J connectivity index is 1.41. The second-order valence-electron chi connectivity index (χ2n) is 5.87. The standard InChI is InChI=1S/C13H22OS2/c1-15-12(16-2)4-3-9-10-5-13(6-11(9)10)7-14-8-13/h9-12H,3-8H2,1-2H3. The van der Waals surface area contributed by atoms with Crippen molar-refractivity contribution in [2.75, 3.05) is 25.7 Å². The second-order valence-corrected chi connectivity index (χ2v) is 8.25. The van der Waals surface area contributed by atoms with E-state index in [9.17, 15) is 0 Å². The fraction of sp³-hybridized carbons (Fsp3) is 1.00. The number of ether oxygens (including phenoxy) is 1. The summed E-state index contributed by atoms with van der Waals surface area (Å²) in [6.07, 6.45) is 10.4. The van der Waals surface area contributed by atoms with E-state index in [1.807, 2.05) is 23.5 Å². The summed E-state index contributed by atoms with van der Waals surface area (Å²) in [5.41, 5.74) is 0.671. The van der Waals surface area contributed by atoms with Gasteiger partial charge in [0.1, 0.15) is 0 Å². The maximum atomic E-state index is 5.39. The van der Waals surface area contributed by atoms with Crippen LogP contribution in [0, 0.1) is 23.2 Å². The van der Waals surface area contributed by atoms with Crippen molar-refractivity contribution in [1.82, 2.24) is 0 Å². The summed E-state index contributed by atoms with van der Waals surface area (Å²) in [5, 5.41) is 0. The van der Waals surface area contributed by atoms with Crippen LogP contribution in [0.3, 0.4) is 0 Å². The van der Waals surface area contributed by atoms with Gasteiger partial charge in [-0.25, -0.2) is 0 Å². The predicted molar refractivity (Wildman–Crippen MR) is 73.0 cm³/mol. The molecule has 0 aromatic rings. The molecule has 1 saturated heterocycles. The first-order valence-corrected chi connectivity index (χ1v) is 8.99. The van der Waals surface area contributed by atoms with Crippen molar-refractivity contribution in [3.05, 3.63) is 0 Å². The van der Waals surface area contributed by atoms with Gasteiger partial charge >= 0.3 is 0 Å². The molecule has 3 heteroatoms. The van der Waals surface area contributed by atoms with E-state index in [-0.39, 0.29) is 0 Å². The Bertz CT molecular complexity index is 247. The van der Waals surface area contributed by atoms with Crippen molar-refractivity contribution < 1.29 is 4.74 Å². The number of hydrogen-bond donors (Lipinski definition) is 0. The van der Waals surface area contributed by atoms with Gasteiger partial charge in [0.15, 0.2) is 0 Å². The van der Waals surface area contributed by atoms with Crippen molar-refractivity contribution in [1.29, 1.82) is 0 Å². The minimum Gasteiger partial charge on any atom is -0.380 e. The molecule has 0 aromatic carbocycles. The summed E-state index contributed by atoms with van der Waals surface area (Å²) in [6.45, 7) is 2.15. The maximum absolute atomic E-state index is 5.39. The Morgan fingerprint density at radius 3 is 2.25 bits per heavy atom. The SMILES string of the molecule is CSC(CCC1C2CC3(COC3)CC12)SC. The molecule has 92 valence electrons. The number of hydrogen-bond acceptors (Lipinski definition) is 3. The van der Waals surface area contributed by atoms with E-state index in [0.717, 1.165) is 35.5 Å². The van der Waals surface area contributed by atoms with Crippen LogP contribution in [0.4, 0.5) is 0 Å². The molecule has 3 fully saturated rings. The average Bonchev–Trinajstić information content (AvgIpc) is 2.73. The van der Waals surface area contributed by atoms with Crippen molar-refractivity contribution in [3.63, 3.8) is 0 Å². The molecular formula is C13H22OS2. The molecule has 0 bridgehead atoms. The molecule has 2 unspecified atom stereocenters. The van der Waals surface area contributed by atoms with Gasteiger partial charge in [-0.05, 0) is 55.9 Å². The Morgan fingerprint density at radius 2 is 1.81 bits per heavy atom. The van der Waals surface area contributed by atoms with Crippen LogP contribution in [-0.2, 0) is 4.74 Å². The highest BCUT2D eigenvalue weighted by molar-refractivity contribution is 8.16. The predicted octanol–water partition coefficient (Wildman–Crippen LogP) is 3.49. The molecule has 0 radical (unpaired) electrons. The Labute approximate surface area is 107 Å². The van der Waals surface area contributed by atoms with Gasteiger partial charge in [-0.15, -0.1) is 0 Å². The topological polar surface area (TPSA) is 9.23 Å². The zero-order valence-electron chi connectivity index (χ0n) is 10.3. The summed E-state index contributed by atoms with van der Waals surface area (Å²) in [7, 11) is 0. The van der Waals surface area contributed by atoms with E-state index >= 15 is 0 Å². The molecule has 1 aliphatic heterocycles. The highest BCUT2D eigenvalue weighted by atomic mass is 32.2. The highest BCUT2D eigenvalue weighted by Crippen LogP contribution is 2.67. The molecule has 2 atom stereocenters. The van der Waals surface area contributed by atoms with Gasteiger partial charge < -0.3 is 4.74 Å². The van der Waals surface area contributed by atoms with Crippen LogP contribution in [0.15, 0.2) is 0 Å². The fourth-order valence-electron chi connectivity index (χ4n) is 3.93. The van der Waals surface area contributed by atoms with Gasteiger partial charge in [0.2, 0.25) is 0 Å². The van der Waals surface area contributed by atoms with E-state index < -0.39 is 0 Å². The molecule has 0 amide bonds. The van der Waals surface area contributed by atoms with Gasteiger partial charge in [0, 0.05) is 10.00 Å². The summed E-state index contributed by atoms with van der Waals surface area (Å²) >= 11 is 4.05. The Kier molecular flexibility index (Phi) is 3.23. The normalized spacial score (nSPS) is 38.8. The Morgan fingerprint density at radius 1 is 1.19 bits per heavy atom. The molecule has 2 aliphatic carbocycles. The lowest BCUT2D eigenvalue weighted by Gasteiger charge is -2.40. The van der Waals surface area contributed by atoms with E-state index in [4.69, 9.17) is 4.74 Å². The molecular weight excluding hydrogens is 236 g/mol. The molecule has 1 nitrogen and oxygen atoms in total. The third kappa shape index (κ3) is 1.93. The largest absolute Gasteiger partial charge is 0.380 e. The average molecular weight is 258 g/mol. The van der Waals surface area contributed by atoms with Crippen molar-refractivity contribution in [3.8, 4) is 0 Å². The van der Waals surface area contributed by atoms with E-state index in [0.29, 0.717) is 5.41 Å². The minimum atomic E-state index is 0.671. The summed E-state index contributed by atoms with van der Waals surface area (Å²) in [5.74, 6) is 3.27. The lowest BCUT2D eigenvalue weighted by molar-refractivity contribution is -0.117. The lowest BCUT2D eigenvalue weighted by Crippen LogP contribution is -2.41. The van der Waals surface area contributed by atoms with Crippen molar-refractivity contribution in [2.45, 2.75) is 30.3 Å². The molecule has 16 heavy (non-hydrogen) atoms. The number of thioether (sulfide) groups is 2. The molecule has 3 rings (SSSR count). The molecule has 3 aliphatic rings. The summed E-state index contributed by atoms with van der Waals surface area (Å²) in [4.78, 5) is 0. The van der Waals surface area contributed by atoms with Gasteiger partial charge in [-0.2, -0.15) is 23.5 Å². The van der Waals surface area contributed by atoms with Crippen LogP contribution in [0.1, 0.15) is 25.7 Å². The van der Waals surface area contributed by atoms with Crippen molar-refractivity contribution >= 4 is 23.5 Å². The van der Waals surface area contributed by atoms with E-state index in [1.165, 1.54) is 25.7 Å². The first-order valence-electron chi connectivity index (χ1n) is 6.41. The zero-order chi connectivity index (χ0) is 11.2. The summed E-state index contributed by atoms with van der Waals surface area (Å²) in [6, 6.07) is 0. The maximum Gasteiger partial charge on any atom is 0.0545 e. The van der Waals surface area contributed by atoms with E-state index in [2.05, 4.69) is 12.5 Å². The summed E-state index contributed by atoms with van der Waals surface area (Å²) < 4.78 is 6.23. The first-order chi connectivity index (χ1) is 7.78. The molecule has 2 saturated carbocycles. The fourth-order valence-corrected chi connectivity index (χ4v) is 5.44. The molecule has 1 spiro atoms. The highest BCUT2D eigenvalue weighted by Gasteiger charge is 2.62. The smallest absolute Gasteiger partial charge is 0.0545 e. The van der Waals surface area contributed by atoms with Crippen LogP contribution >= 0.6 is 23.5 Å². The van der Waals surface area contributed by atoms with Crippen LogP contribution in [0.2, 0.25) is 0 Å².